The Morgan fingerprint density at radius 3 is 2.25 bits per heavy atom. The molecule has 0 bridgehead atoms. The highest BCUT2D eigenvalue weighted by atomic mass is 32.2. The van der Waals surface area contributed by atoms with Gasteiger partial charge in [0.25, 0.3) is 0 Å². The lowest BCUT2D eigenvalue weighted by Crippen LogP contribution is -1.80. The Kier molecular flexibility index (Phi) is 3.97. The Morgan fingerprint density at radius 2 is 1.62 bits per heavy atom. The van der Waals surface area contributed by atoms with Crippen molar-refractivity contribution in [3.63, 3.8) is 0 Å². The molecule has 0 radical (unpaired) electrons. The number of thioether (sulfide) groups is 1. The van der Waals surface area contributed by atoms with E-state index >= 15 is 0 Å². The van der Waals surface area contributed by atoms with Crippen LogP contribution in [0.5, 0.6) is 0 Å². The Labute approximate surface area is 105 Å². The fraction of sp³-hybridized carbons (Fsp3) is 0.143. The van der Waals surface area contributed by atoms with E-state index in [2.05, 4.69) is 55.6 Å². The summed E-state index contributed by atoms with van der Waals surface area (Å²) < 4.78 is 0. The molecular formula is C14H14S2. The van der Waals surface area contributed by atoms with Gasteiger partial charge in [-0.2, -0.15) is 0 Å². The van der Waals surface area contributed by atoms with Gasteiger partial charge in [-0.15, -0.1) is 11.8 Å². The third-order valence-corrected chi connectivity index (χ3v) is 4.24. The topological polar surface area (TPSA) is 0 Å². The van der Waals surface area contributed by atoms with Crippen LogP contribution in [-0.2, 0) is 0 Å². The van der Waals surface area contributed by atoms with Crippen molar-refractivity contribution >= 4 is 23.5 Å². The van der Waals surface area contributed by atoms with Crippen molar-refractivity contribution in [2.45, 2.75) is 21.6 Å². The average molecular weight is 246 g/mol. The predicted octanol–water partition coefficient (Wildman–Crippen LogP) is 4.87. The van der Waals surface area contributed by atoms with Gasteiger partial charge in [-0.1, -0.05) is 30.0 Å². The molecule has 0 atom stereocenters. The maximum Gasteiger partial charge on any atom is 0.0125 e. The van der Waals surface area contributed by atoms with Crippen LogP contribution in [0.15, 0.2) is 63.2 Å². The molecule has 0 aliphatic carbocycles. The van der Waals surface area contributed by atoms with Gasteiger partial charge in [0.05, 0.1) is 0 Å². The van der Waals surface area contributed by atoms with Gasteiger partial charge in [-0.05, 0) is 49.1 Å². The van der Waals surface area contributed by atoms with E-state index in [0.29, 0.717) is 0 Å². The molecule has 0 amide bonds. The number of hydrogen-bond acceptors (Lipinski definition) is 2. The summed E-state index contributed by atoms with van der Waals surface area (Å²) in [4.78, 5) is 3.96. The first-order valence-electron chi connectivity index (χ1n) is 5.17. The van der Waals surface area contributed by atoms with Crippen LogP contribution in [0.1, 0.15) is 5.56 Å². The molecule has 16 heavy (non-hydrogen) atoms. The van der Waals surface area contributed by atoms with Crippen LogP contribution in [0.25, 0.3) is 0 Å². The Hall–Kier alpha value is -0.860. The zero-order valence-corrected chi connectivity index (χ0v) is 11.1. The maximum atomic E-state index is 2.25. The van der Waals surface area contributed by atoms with Crippen molar-refractivity contribution in [3.05, 3.63) is 54.1 Å². The Morgan fingerprint density at radius 1 is 0.875 bits per heavy atom. The second kappa shape index (κ2) is 5.46. The molecule has 0 saturated carbocycles. The molecule has 0 nitrogen and oxygen atoms in total. The standard InChI is InChI=1S/C14H14S2/c1-11-10-13(8-9-14(11)15-2)16-12-6-4-3-5-7-12/h3-10H,1-2H3. The van der Waals surface area contributed by atoms with Crippen molar-refractivity contribution in [1.82, 2.24) is 0 Å². The highest BCUT2D eigenvalue weighted by Gasteiger charge is 2.00. The van der Waals surface area contributed by atoms with Gasteiger partial charge in [0, 0.05) is 14.7 Å². The fourth-order valence-electron chi connectivity index (χ4n) is 1.54. The largest absolute Gasteiger partial charge is 0.129 e. The van der Waals surface area contributed by atoms with E-state index in [1.54, 1.807) is 11.8 Å². The van der Waals surface area contributed by atoms with Crippen molar-refractivity contribution in [2.75, 3.05) is 6.26 Å². The summed E-state index contributed by atoms with van der Waals surface area (Å²) >= 11 is 3.61. The summed E-state index contributed by atoms with van der Waals surface area (Å²) in [6.45, 7) is 2.17. The van der Waals surface area contributed by atoms with Crippen LogP contribution in [0.3, 0.4) is 0 Å². The minimum Gasteiger partial charge on any atom is -0.129 e. The SMILES string of the molecule is CSc1ccc(Sc2ccccc2)cc1C. The van der Waals surface area contributed by atoms with Gasteiger partial charge in [0.15, 0.2) is 0 Å². The molecule has 2 aromatic rings. The molecule has 0 aromatic heterocycles. The van der Waals surface area contributed by atoms with E-state index in [1.165, 1.54) is 20.2 Å². The third-order valence-electron chi connectivity index (χ3n) is 2.35. The van der Waals surface area contributed by atoms with Crippen LogP contribution in [0.2, 0.25) is 0 Å². The monoisotopic (exact) mass is 246 g/mol. The molecule has 0 heterocycles. The van der Waals surface area contributed by atoms with Crippen LogP contribution in [0.4, 0.5) is 0 Å². The van der Waals surface area contributed by atoms with Gasteiger partial charge < -0.3 is 0 Å². The molecule has 0 saturated heterocycles. The van der Waals surface area contributed by atoms with E-state index in [0.717, 1.165) is 0 Å². The van der Waals surface area contributed by atoms with Gasteiger partial charge in [-0.3, -0.25) is 0 Å². The molecule has 0 fully saturated rings. The van der Waals surface area contributed by atoms with Crippen LogP contribution in [0, 0.1) is 6.92 Å². The maximum absolute atomic E-state index is 2.25. The van der Waals surface area contributed by atoms with Crippen LogP contribution in [-0.4, -0.2) is 6.26 Å². The number of benzene rings is 2. The summed E-state index contributed by atoms with van der Waals surface area (Å²) in [6, 6.07) is 17.1. The zero-order chi connectivity index (χ0) is 11.4. The first kappa shape index (κ1) is 11.6. The predicted molar refractivity (Wildman–Crippen MR) is 73.5 cm³/mol. The minimum absolute atomic E-state index is 1.29. The van der Waals surface area contributed by atoms with Crippen molar-refractivity contribution in [1.29, 1.82) is 0 Å². The Bertz CT molecular complexity index is 463. The second-order valence-corrected chi connectivity index (χ2v) is 5.54. The van der Waals surface area contributed by atoms with E-state index in [4.69, 9.17) is 0 Å². The summed E-state index contributed by atoms with van der Waals surface area (Å²) in [5.41, 5.74) is 1.36. The molecule has 0 aliphatic heterocycles. The summed E-state index contributed by atoms with van der Waals surface area (Å²) in [5, 5.41) is 0. The van der Waals surface area contributed by atoms with Gasteiger partial charge in [-0.25, -0.2) is 0 Å². The fourth-order valence-corrected chi connectivity index (χ4v) is 3.06. The normalized spacial score (nSPS) is 10.4. The average Bonchev–Trinajstić information content (AvgIpc) is 2.31. The molecule has 0 unspecified atom stereocenters. The quantitative estimate of drug-likeness (QED) is 0.709. The van der Waals surface area contributed by atoms with Crippen molar-refractivity contribution < 1.29 is 0 Å². The molecule has 0 spiro atoms. The Balaban J connectivity index is 2.20. The van der Waals surface area contributed by atoms with Crippen LogP contribution >= 0.6 is 23.5 Å². The summed E-state index contributed by atoms with van der Waals surface area (Å²) in [5.74, 6) is 0. The molecule has 2 rings (SSSR count). The number of hydrogen-bond donors (Lipinski definition) is 0. The third kappa shape index (κ3) is 2.83. The highest BCUT2D eigenvalue weighted by Crippen LogP contribution is 2.30. The van der Waals surface area contributed by atoms with Gasteiger partial charge in [0.2, 0.25) is 0 Å². The zero-order valence-electron chi connectivity index (χ0n) is 9.44. The lowest BCUT2D eigenvalue weighted by Gasteiger charge is -2.06. The minimum atomic E-state index is 1.29. The lowest BCUT2D eigenvalue weighted by atomic mass is 10.2. The molecular weight excluding hydrogens is 232 g/mol. The first-order chi connectivity index (χ1) is 7.79. The van der Waals surface area contributed by atoms with Crippen molar-refractivity contribution in [2.24, 2.45) is 0 Å². The number of rotatable bonds is 3. The molecule has 0 aliphatic rings. The first-order valence-corrected chi connectivity index (χ1v) is 7.21. The molecule has 2 heteroatoms. The number of aryl methyl sites for hydroxylation is 1. The van der Waals surface area contributed by atoms with Crippen molar-refractivity contribution in [3.8, 4) is 0 Å². The second-order valence-electron chi connectivity index (χ2n) is 3.55. The smallest absolute Gasteiger partial charge is 0.0125 e. The van der Waals surface area contributed by atoms with E-state index in [9.17, 15) is 0 Å². The van der Waals surface area contributed by atoms with E-state index < -0.39 is 0 Å². The summed E-state index contributed by atoms with van der Waals surface area (Å²) in [7, 11) is 0. The molecule has 2 aromatic carbocycles. The lowest BCUT2D eigenvalue weighted by molar-refractivity contribution is 1.24. The van der Waals surface area contributed by atoms with Crippen LogP contribution < -0.4 is 0 Å². The van der Waals surface area contributed by atoms with Gasteiger partial charge in [0.1, 0.15) is 0 Å². The molecule has 0 N–H and O–H groups in total. The summed E-state index contributed by atoms with van der Waals surface area (Å²) in [6.07, 6.45) is 2.12. The molecule has 82 valence electrons. The highest BCUT2D eigenvalue weighted by molar-refractivity contribution is 7.99. The van der Waals surface area contributed by atoms with E-state index in [1.807, 2.05) is 17.8 Å². The van der Waals surface area contributed by atoms with E-state index in [-0.39, 0.29) is 0 Å². The van der Waals surface area contributed by atoms with Gasteiger partial charge >= 0.3 is 0 Å².